The molecule has 0 saturated heterocycles. The van der Waals surface area contributed by atoms with Crippen molar-refractivity contribution in [3.05, 3.63) is 36.0 Å². The molecule has 1 atom stereocenters. The van der Waals surface area contributed by atoms with Gasteiger partial charge in [0, 0.05) is 5.92 Å². The highest BCUT2D eigenvalue weighted by atomic mass is 16.4. The van der Waals surface area contributed by atoms with Gasteiger partial charge in [-0.15, -0.1) is 0 Å². The first kappa shape index (κ1) is 9.27. The van der Waals surface area contributed by atoms with Crippen molar-refractivity contribution in [2.75, 3.05) is 0 Å². The summed E-state index contributed by atoms with van der Waals surface area (Å²) >= 11 is 0. The Balaban J connectivity index is 2.75. The summed E-state index contributed by atoms with van der Waals surface area (Å²) in [6.07, 6.45) is 9.80. The van der Waals surface area contributed by atoms with Crippen LogP contribution in [0.4, 0.5) is 0 Å². The normalized spacial score (nSPS) is 21.2. The van der Waals surface area contributed by atoms with E-state index in [2.05, 4.69) is 0 Å². The predicted molar refractivity (Wildman–Crippen MR) is 47.7 cm³/mol. The summed E-state index contributed by atoms with van der Waals surface area (Å²) in [5.41, 5.74) is -0.190. The highest BCUT2D eigenvalue weighted by Gasteiger charge is 2.09. The van der Waals surface area contributed by atoms with Crippen LogP contribution < -0.4 is 0 Å². The number of hydrogen-bond donors (Lipinski definition) is 1. The van der Waals surface area contributed by atoms with Gasteiger partial charge in [-0.25, -0.2) is 4.79 Å². The molecular weight excluding hydrogens is 166 g/mol. The maximum absolute atomic E-state index is 10.5. The Hall–Kier alpha value is -1.82. The second kappa shape index (κ2) is 4.27. The summed E-state index contributed by atoms with van der Waals surface area (Å²) in [4.78, 5) is 10.5. The van der Waals surface area contributed by atoms with Gasteiger partial charge in [-0.3, -0.25) is 0 Å². The molecule has 0 aromatic rings. The Morgan fingerprint density at radius 2 is 2.38 bits per heavy atom. The van der Waals surface area contributed by atoms with Gasteiger partial charge in [-0.2, -0.15) is 5.26 Å². The van der Waals surface area contributed by atoms with E-state index in [4.69, 9.17) is 10.4 Å². The number of nitriles is 1. The van der Waals surface area contributed by atoms with E-state index in [0.29, 0.717) is 0 Å². The summed E-state index contributed by atoms with van der Waals surface area (Å²) in [7, 11) is 0. The second-order valence-corrected chi connectivity index (χ2v) is 2.71. The highest BCUT2D eigenvalue weighted by Crippen LogP contribution is 2.14. The fraction of sp³-hybridized carbons (Fsp3) is 0.200. The van der Waals surface area contributed by atoms with E-state index in [9.17, 15) is 4.79 Å². The molecule has 1 aliphatic carbocycles. The summed E-state index contributed by atoms with van der Waals surface area (Å²) in [6, 6.07) is 1.65. The molecule has 3 nitrogen and oxygen atoms in total. The van der Waals surface area contributed by atoms with Crippen LogP contribution in [0.25, 0.3) is 0 Å². The number of carboxylic acids is 1. The van der Waals surface area contributed by atoms with Gasteiger partial charge in [0.1, 0.15) is 11.6 Å². The van der Waals surface area contributed by atoms with Crippen LogP contribution in [0.5, 0.6) is 0 Å². The van der Waals surface area contributed by atoms with Crippen molar-refractivity contribution in [1.29, 1.82) is 5.26 Å². The summed E-state index contributed by atoms with van der Waals surface area (Å²) < 4.78 is 0. The van der Waals surface area contributed by atoms with E-state index in [-0.39, 0.29) is 11.5 Å². The first-order valence-corrected chi connectivity index (χ1v) is 3.92. The second-order valence-electron chi connectivity index (χ2n) is 2.71. The van der Waals surface area contributed by atoms with Crippen molar-refractivity contribution < 1.29 is 9.90 Å². The van der Waals surface area contributed by atoms with E-state index in [0.717, 1.165) is 6.42 Å². The minimum atomic E-state index is -1.16. The van der Waals surface area contributed by atoms with Gasteiger partial charge in [-0.1, -0.05) is 30.4 Å². The molecule has 1 unspecified atom stereocenters. The summed E-state index contributed by atoms with van der Waals surface area (Å²) in [6.45, 7) is 0. The number of hydrogen-bond acceptors (Lipinski definition) is 2. The van der Waals surface area contributed by atoms with Crippen LogP contribution in [0.2, 0.25) is 0 Å². The van der Waals surface area contributed by atoms with Crippen molar-refractivity contribution in [3.63, 3.8) is 0 Å². The van der Waals surface area contributed by atoms with Crippen LogP contribution in [-0.2, 0) is 4.79 Å². The van der Waals surface area contributed by atoms with Crippen LogP contribution in [-0.4, -0.2) is 11.1 Å². The molecule has 0 radical (unpaired) electrons. The minimum Gasteiger partial charge on any atom is -0.477 e. The van der Waals surface area contributed by atoms with Crippen molar-refractivity contribution >= 4 is 5.97 Å². The van der Waals surface area contributed by atoms with E-state index in [1.807, 2.05) is 24.3 Å². The number of aliphatic carboxylic acids is 1. The molecule has 13 heavy (non-hydrogen) atoms. The lowest BCUT2D eigenvalue weighted by molar-refractivity contribution is -0.132. The fourth-order valence-corrected chi connectivity index (χ4v) is 1.09. The first-order chi connectivity index (χ1) is 6.24. The fourth-order valence-electron chi connectivity index (χ4n) is 1.09. The molecular formula is C10H9NO2. The topological polar surface area (TPSA) is 61.1 Å². The van der Waals surface area contributed by atoms with Crippen LogP contribution in [0.3, 0.4) is 0 Å². The highest BCUT2D eigenvalue weighted by molar-refractivity contribution is 5.91. The lowest BCUT2D eigenvalue weighted by atomic mass is 9.98. The number of rotatable bonds is 2. The zero-order chi connectivity index (χ0) is 9.68. The third-order valence-electron chi connectivity index (χ3n) is 1.75. The SMILES string of the molecule is N#CC(=CC1C=CC=CC1)C(=O)O. The lowest BCUT2D eigenvalue weighted by Gasteiger charge is -2.06. The van der Waals surface area contributed by atoms with Crippen molar-refractivity contribution in [3.8, 4) is 6.07 Å². The molecule has 1 aliphatic rings. The number of nitrogens with zero attached hydrogens (tertiary/aromatic N) is 1. The first-order valence-electron chi connectivity index (χ1n) is 3.92. The van der Waals surface area contributed by atoms with Crippen LogP contribution in [0.15, 0.2) is 36.0 Å². The van der Waals surface area contributed by atoms with Crippen molar-refractivity contribution in [2.45, 2.75) is 6.42 Å². The Morgan fingerprint density at radius 3 is 2.85 bits per heavy atom. The van der Waals surface area contributed by atoms with E-state index < -0.39 is 5.97 Å². The Labute approximate surface area is 76.3 Å². The molecule has 3 heteroatoms. The van der Waals surface area contributed by atoms with Crippen molar-refractivity contribution in [2.24, 2.45) is 5.92 Å². The van der Waals surface area contributed by atoms with Gasteiger partial charge < -0.3 is 5.11 Å². The zero-order valence-corrected chi connectivity index (χ0v) is 6.97. The number of allylic oxidation sites excluding steroid dienone is 5. The average Bonchev–Trinajstić information content (AvgIpc) is 2.15. The largest absolute Gasteiger partial charge is 0.477 e. The van der Waals surface area contributed by atoms with Crippen molar-refractivity contribution in [1.82, 2.24) is 0 Å². The maximum atomic E-state index is 10.5. The minimum absolute atomic E-state index is 0.0377. The van der Waals surface area contributed by atoms with E-state index in [1.54, 1.807) is 6.07 Å². The average molecular weight is 175 g/mol. The molecule has 1 N–H and O–H groups in total. The Kier molecular flexibility index (Phi) is 3.04. The van der Waals surface area contributed by atoms with E-state index >= 15 is 0 Å². The van der Waals surface area contributed by atoms with Crippen LogP contribution in [0, 0.1) is 17.2 Å². The third-order valence-corrected chi connectivity index (χ3v) is 1.75. The molecule has 0 aromatic carbocycles. The summed E-state index contributed by atoms with van der Waals surface area (Å²) in [5.74, 6) is -1.12. The molecule has 0 aliphatic heterocycles. The number of carbonyl (C=O) groups is 1. The molecule has 0 bridgehead atoms. The standard InChI is InChI=1S/C10H9NO2/c11-7-9(10(12)13)6-8-4-2-1-3-5-8/h1-4,6,8H,5H2,(H,12,13). The van der Waals surface area contributed by atoms with E-state index in [1.165, 1.54) is 6.08 Å². The molecule has 0 spiro atoms. The lowest BCUT2D eigenvalue weighted by Crippen LogP contribution is -2.02. The van der Waals surface area contributed by atoms with Gasteiger partial charge in [-0.05, 0) is 6.42 Å². The monoisotopic (exact) mass is 175 g/mol. The molecule has 0 fully saturated rings. The molecule has 0 saturated carbocycles. The molecule has 0 amide bonds. The predicted octanol–water partition coefficient (Wildman–Crippen LogP) is 1.65. The van der Waals surface area contributed by atoms with Crippen LogP contribution in [0.1, 0.15) is 6.42 Å². The quantitative estimate of drug-likeness (QED) is 0.512. The summed E-state index contributed by atoms with van der Waals surface area (Å²) in [5, 5.41) is 17.1. The molecule has 1 rings (SSSR count). The smallest absolute Gasteiger partial charge is 0.346 e. The van der Waals surface area contributed by atoms with Gasteiger partial charge in [0.05, 0.1) is 0 Å². The third kappa shape index (κ3) is 2.60. The van der Waals surface area contributed by atoms with Gasteiger partial charge in [0.15, 0.2) is 0 Å². The molecule has 66 valence electrons. The maximum Gasteiger partial charge on any atom is 0.346 e. The van der Waals surface area contributed by atoms with Gasteiger partial charge in [0.2, 0.25) is 0 Å². The number of carboxylic acid groups (broad SMARTS) is 1. The Morgan fingerprint density at radius 1 is 1.62 bits per heavy atom. The van der Waals surface area contributed by atoms with Crippen LogP contribution >= 0.6 is 0 Å². The zero-order valence-electron chi connectivity index (χ0n) is 6.97. The Bertz CT molecular complexity index is 331. The van der Waals surface area contributed by atoms with Gasteiger partial charge in [0.25, 0.3) is 0 Å². The molecule has 0 heterocycles. The molecule has 0 aromatic heterocycles. The van der Waals surface area contributed by atoms with Gasteiger partial charge >= 0.3 is 5.97 Å².